The van der Waals surface area contributed by atoms with E-state index >= 15 is 0 Å². The summed E-state index contributed by atoms with van der Waals surface area (Å²) in [4.78, 5) is 11.0. The quantitative estimate of drug-likeness (QED) is 0.166. The van der Waals surface area contributed by atoms with Crippen LogP contribution in [0.3, 0.4) is 0 Å². The summed E-state index contributed by atoms with van der Waals surface area (Å²) >= 11 is 3.72. The van der Waals surface area contributed by atoms with Gasteiger partial charge in [0.05, 0.1) is 26.9 Å². The molecule has 0 aliphatic heterocycles. The van der Waals surface area contributed by atoms with Crippen molar-refractivity contribution in [1.82, 2.24) is 14.5 Å². The smallest absolute Gasteiger partial charge is 0.235 e. The fraction of sp³-hybridized carbons (Fsp3) is 0. The van der Waals surface area contributed by atoms with Gasteiger partial charge in [-0.3, -0.25) is 4.57 Å². The van der Waals surface area contributed by atoms with E-state index in [4.69, 9.17) is 9.97 Å². The lowest BCUT2D eigenvalue weighted by Crippen LogP contribution is -2.03. The Labute approximate surface area is 322 Å². The summed E-state index contributed by atoms with van der Waals surface area (Å²) in [7, 11) is 0. The van der Waals surface area contributed by atoms with Crippen molar-refractivity contribution in [3.8, 4) is 17.2 Å². The topological polar surface area (TPSA) is 30.7 Å². The summed E-state index contributed by atoms with van der Waals surface area (Å²) in [5, 5.41) is 16.3. The highest BCUT2D eigenvalue weighted by Crippen LogP contribution is 2.51. The second-order valence-corrected chi connectivity index (χ2v) is 16.6. The summed E-state index contributed by atoms with van der Waals surface area (Å²) in [6, 6.07) is 59.6. The highest BCUT2D eigenvalue weighted by Gasteiger charge is 2.26. The Morgan fingerprint density at radius 3 is 1.71 bits per heavy atom. The second kappa shape index (κ2) is 11.0. The number of hydrogen-bond donors (Lipinski definition) is 0. The predicted octanol–water partition coefficient (Wildman–Crippen LogP) is 14.6. The van der Waals surface area contributed by atoms with Crippen molar-refractivity contribution < 1.29 is 0 Å². The Morgan fingerprint density at radius 2 is 0.945 bits per heavy atom. The van der Waals surface area contributed by atoms with E-state index in [1.54, 1.807) is 0 Å². The molecule has 13 rings (SSSR count). The van der Waals surface area contributed by atoms with Gasteiger partial charge in [-0.05, 0) is 51.9 Å². The van der Waals surface area contributed by atoms with Crippen molar-refractivity contribution in [1.29, 1.82) is 0 Å². The molecule has 4 heterocycles. The minimum Gasteiger partial charge on any atom is -0.276 e. The maximum atomic E-state index is 5.59. The molecule has 254 valence electrons. The standard InChI is InChI=1S/C50H27N3S2/c1-3-16-33-29(13-1)30-14-2-4-17-34(30)44-43(33)45-36-19-6-10-22-39(36)53(48(45)49-46(44)37-20-8-12-24-41(37)55-49)50-51-38-21-9-5-18-35(38)47(52-50)28-25-26-32-31-15-7-11-23-40(31)54-42(32)27-28/h1-27H. The SMILES string of the molecule is c1ccc2c(-c3ccc4c(c3)sc3ccccc34)nc(-n3c4ccccc4c4c5c6ccccc6c6ccccc6c5c5c6ccccc6sc5c43)nc2c1. The molecular weight excluding hydrogens is 707 g/mol. The molecule has 0 bridgehead atoms. The number of thiophene rings is 2. The van der Waals surface area contributed by atoms with Crippen LogP contribution in [0.2, 0.25) is 0 Å². The summed E-state index contributed by atoms with van der Waals surface area (Å²) in [5.74, 6) is 0.680. The van der Waals surface area contributed by atoms with E-state index in [9.17, 15) is 0 Å². The van der Waals surface area contributed by atoms with E-state index in [0.29, 0.717) is 5.95 Å². The van der Waals surface area contributed by atoms with Crippen LogP contribution in [-0.2, 0) is 0 Å². The van der Waals surface area contributed by atoms with E-state index in [2.05, 4.69) is 168 Å². The van der Waals surface area contributed by atoms with Gasteiger partial charge in [0.15, 0.2) is 0 Å². The number of aromatic nitrogens is 3. The molecule has 0 saturated heterocycles. The lowest BCUT2D eigenvalue weighted by atomic mass is 9.89. The fourth-order valence-electron chi connectivity index (χ4n) is 9.29. The monoisotopic (exact) mass is 733 g/mol. The summed E-state index contributed by atoms with van der Waals surface area (Å²) < 4.78 is 7.45. The highest BCUT2D eigenvalue weighted by molar-refractivity contribution is 7.27. The Hall–Kier alpha value is -6.66. The first-order valence-corrected chi connectivity index (χ1v) is 20.2. The molecule has 0 N–H and O–H groups in total. The van der Waals surface area contributed by atoms with Crippen LogP contribution in [0.1, 0.15) is 0 Å². The molecule has 0 aliphatic rings. The number of para-hydroxylation sites is 2. The van der Waals surface area contributed by atoms with Crippen LogP contribution in [0.4, 0.5) is 0 Å². The third-order valence-corrected chi connectivity index (χ3v) is 13.9. The largest absolute Gasteiger partial charge is 0.276 e. The van der Waals surface area contributed by atoms with Crippen LogP contribution in [0.5, 0.6) is 0 Å². The lowest BCUT2D eigenvalue weighted by molar-refractivity contribution is 1.02. The van der Waals surface area contributed by atoms with Gasteiger partial charge in [0.25, 0.3) is 0 Å². The first kappa shape index (κ1) is 29.8. The van der Waals surface area contributed by atoms with Crippen LogP contribution >= 0.6 is 22.7 Å². The third kappa shape index (κ3) is 3.98. The first-order valence-electron chi connectivity index (χ1n) is 18.6. The van der Waals surface area contributed by atoms with E-state index in [1.807, 2.05) is 22.7 Å². The normalized spacial score (nSPS) is 12.4. The van der Waals surface area contributed by atoms with Gasteiger partial charge in [-0.25, -0.2) is 9.97 Å². The Kier molecular flexibility index (Phi) is 5.93. The van der Waals surface area contributed by atoms with Gasteiger partial charge >= 0.3 is 0 Å². The molecule has 55 heavy (non-hydrogen) atoms. The minimum atomic E-state index is 0.680. The molecule has 5 heteroatoms. The number of rotatable bonds is 2. The van der Waals surface area contributed by atoms with E-state index in [0.717, 1.165) is 33.2 Å². The van der Waals surface area contributed by atoms with Gasteiger partial charge in [0, 0.05) is 68.1 Å². The Balaban J connectivity index is 1.24. The zero-order chi connectivity index (χ0) is 35.8. The zero-order valence-corrected chi connectivity index (χ0v) is 30.9. The molecule has 0 fully saturated rings. The highest BCUT2D eigenvalue weighted by atomic mass is 32.1. The first-order chi connectivity index (χ1) is 27.3. The van der Waals surface area contributed by atoms with Gasteiger partial charge in [-0.1, -0.05) is 133 Å². The van der Waals surface area contributed by atoms with E-state index < -0.39 is 0 Å². The Bertz CT molecular complexity index is 3790. The molecule has 0 aliphatic carbocycles. The molecule has 0 spiro atoms. The predicted molar refractivity (Wildman–Crippen MR) is 238 cm³/mol. The van der Waals surface area contributed by atoms with Gasteiger partial charge < -0.3 is 0 Å². The van der Waals surface area contributed by atoms with Crippen molar-refractivity contribution in [2.24, 2.45) is 0 Å². The number of hydrogen-bond acceptors (Lipinski definition) is 4. The van der Waals surface area contributed by atoms with Crippen molar-refractivity contribution in [3.05, 3.63) is 164 Å². The molecule has 0 unspecified atom stereocenters. The molecular formula is C50H27N3S2. The lowest BCUT2D eigenvalue weighted by Gasteiger charge is -2.15. The minimum absolute atomic E-state index is 0.680. The van der Waals surface area contributed by atoms with Crippen LogP contribution < -0.4 is 0 Å². The summed E-state index contributed by atoms with van der Waals surface area (Å²) in [6.45, 7) is 0. The van der Waals surface area contributed by atoms with Crippen LogP contribution in [0.15, 0.2) is 164 Å². The average molecular weight is 734 g/mol. The maximum Gasteiger partial charge on any atom is 0.235 e. The van der Waals surface area contributed by atoms with E-state index in [1.165, 1.54) is 83.4 Å². The van der Waals surface area contributed by atoms with Crippen molar-refractivity contribution in [3.63, 3.8) is 0 Å². The van der Waals surface area contributed by atoms with Gasteiger partial charge in [-0.2, -0.15) is 0 Å². The van der Waals surface area contributed by atoms with Crippen LogP contribution in [0, 0.1) is 0 Å². The van der Waals surface area contributed by atoms with Crippen molar-refractivity contribution >= 4 is 128 Å². The summed E-state index contributed by atoms with van der Waals surface area (Å²) in [6.07, 6.45) is 0. The molecule has 0 amide bonds. The second-order valence-electron chi connectivity index (χ2n) is 14.4. The van der Waals surface area contributed by atoms with Gasteiger partial charge in [0.2, 0.25) is 5.95 Å². The van der Waals surface area contributed by atoms with Crippen molar-refractivity contribution in [2.45, 2.75) is 0 Å². The average Bonchev–Trinajstić information content (AvgIpc) is 3.93. The molecule has 9 aromatic carbocycles. The molecule has 0 saturated carbocycles. The molecule has 0 atom stereocenters. The molecule has 13 aromatic rings. The zero-order valence-electron chi connectivity index (χ0n) is 29.2. The Morgan fingerprint density at radius 1 is 0.382 bits per heavy atom. The number of nitrogens with zero attached hydrogens (tertiary/aromatic N) is 3. The van der Waals surface area contributed by atoms with E-state index in [-0.39, 0.29) is 0 Å². The summed E-state index contributed by atoms with van der Waals surface area (Å²) in [5.41, 5.74) is 5.22. The van der Waals surface area contributed by atoms with Gasteiger partial charge in [0.1, 0.15) is 0 Å². The number of benzene rings is 9. The molecule has 0 radical (unpaired) electrons. The van der Waals surface area contributed by atoms with Crippen LogP contribution in [-0.4, -0.2) is 14.5 Å². The maximum absolute atomic E-state index is 5.59. The molecule has 3 nitrogen and oxygen atoms in total. The van der Waals surface area contributed by atoms with Gasteiger partial charge in [-0.15, -0.1) is 22.7 Å². The van der Waals surface area contributed by atoms with Crippen molar-refractivity contribution in [2.75, 3.05) is 0 Å². The molecule has 4 aromatic heterocycles. The number of fused-ring (bicyclic) bond motifs is 19. The fourth-order valence-corrected chi connectivity index (χ4v) is 11.7. The van der Waals surface area contributed by atoms with Crippen LogP contribution in [0.25, 0.3) is 123 Å². The third-order valence-electron chi connectivity index (χ3n) is 11.6.